The Balaban J connectivity index is 1.90. The molecule has 116 valence electrons. The Hall–Kier alpha value is -1.69. The van der Waals surface area contributed by atoms with Crippen molar-refractivity contribution in [3.05, 3.63) is 18.1 Å². The normalized spacial score (nSPS) is 16.5. The average molecular weight is 293 g/mol. The molecule has 0 amide bonds. The van der Waals surface area contributed by atoms with Gasteiger partial charge in [-0.3, -0.25) is 4.79 Å². The van der Waals surface area contributed by atoms with E-state index in [1.807, 2.05) is 26.8 Å². The third-order valence-corrected chi connectivity index (χ3v) is 3.16. The summed E-state index contributed by atoms with van der Waals surface area (Å²) >= 11 is 0. The molecule has 6 heteroatoms. The first-order chi connectivity index (χ1) is 9.94. The second-order valence-electron chi connectivity index (χ2n) is 6.15. The number of carbonyl (C=O) groups excluding carboxylic acids is 1. The molecule has 0 radical (unpaired) electrons. The molecule has 1 N–H and O–H groups in total. The highest BCUT2D eigenvalue weighted by atomic mass is 16.6. The summed E-state index contributed by atoms with van der Waals surface area (Å²) in [5.74, 6) is 0.759. The standard InChI is InChI=1S/C15H23N3O3/c1-15(2,3)21-14(19)9-16-13-8-12(17-10-18-13)11-4-6-20-7-5-11/h8,10-11H,4-7,9H2,1-3H3,(H,16,17,18). The summed E-state index contributed by atoms with van der Waals surface area (Å²) in [7, 11) is 0. The van der Waals surface area contributed by atoms with Crippen molar-refractivity contribution in [1.29, 1.82) is 0 Å². The number of carbonyl (C=O) groups is 1. The van der Waals surface area contributed by atoms with E-state index in [0.29, 0.717) is 11.7 Å². The Morgan fingerprint density at radius 3 is 2.76 bits per heavy atom. The minimum atomic E-state index is -0.475. The van der Waals surface area contributed by atoms with Crippen molar-refractivity contribution in [3.8, 4) is 0 Å². The second-order valence-corrected chi connectivity index (χ2v) is 6.15. The molecule has 1 aliphatic rings. The van der Waals surface area contributed by atoms with Crippen LogP contribution in [0.25, 0.3) is 0 Å². The number of nitrogens with zero attached hydrogens (tertiary/aromatic N) is 2. The van der Waals surface area contributed by atoms with E-state index in [1.54, 1.807) is 0 Å². The van der Waals surface area contributed by atoms with Crippen LogP contribution in [0.1, 0.15) is 45.2 Å². The molecule has 0 saturated carbocycles. The number of hydrogen-bond acceptors (Lipinski definition) is 6. The van der Waals surface area contributed by atoms with E-state index in [9.17, 15) is 4.79 Å². The third kappa shape index (κ3) is 5.30. The first-order valence-corrected chi connectivity index (χ1v) is 7.29. The van der Waals surface area contributed by atoms with Crippen LogP contribution in [-0.2, 0) is 14.3 Å². The molecule has 1 saturated heterocycles. The van der Waals surface area contributed by atoms with E-state index in [2.05, 4.69) is 15.3 Å². The molecule has 0 aromatic carbocycles. The molecule has 2 rings (SSSR count). The molecule has 1 aromatic heterocycles. The average Bonchev–Trinajstić information content (AvgIpc) is 2.45. The molecule has 1 aliphatic heterocycles. The SMILES string of the molecule is CC(C)(C)OC(=O)CNc1cc(C2CCOCC2)ncn1. The maximum atomic E-state index is 11.7. The van der Waals surface area contributed by atoms with Gasteiger partial charge >= 0.3 is 5.97 Å². The third-order valence-electron chi connectivity index (χ3n) is 3.16. The minimum absolute atomic E-state index is 0.0987. The maximum Gasteiger partial charge on any atom is 0.325 e. The van der Waals surface area contributed by atoms with Gasteiger partial charge in [0, 0.05) is 30.9 Å². The van der Waals surface area contributed by atoms with Crippen LogP contribution >= 0.6 is 0 Å². The van der Waals surface area contributed by atoms with Crippen molar-refractivity contribution >= 4 is 11.8 Å². The summed E-state index contributed by atoms with van der Waals surface area (Å²) in [6.45, 7) is 7.18. The number of nitrogens with one attached hydrogen (secondary N) is 1. The molecular formula is C15H23N3O3. The molecule has 2 heterocycles. The number of anilines is 1. The van der Waals surface area contributed by atoms with Crippen LogP contribution in [-0.4, -0.2) is 41.3 Å². The molecule has 0 bridgehead atoms. The van der Waals surface area contributed by atoms with Crippen LogP contribution in [0, 0.1) is 0 Å². The van der Waals surface area contributed by atoms with Gasteiger partial charge in [0.15, 0.2) is 0 Å². The van der Waals surface area contributed by atoms with Gasteiger partial charge < -0.3 is 14.8 Å². The van der Waals surface area contributed by atoms with Gasteiger partial charge in [0.05, 0.1) is 0 Å². The van der Waals surface area contributed by atoms with Crippen LogP contribution in [0.5, 0.6) is 0 Å². The number of esters is 1. The zero-order chi connectivity index (χ0) is 15.3. The highest BCUT2D eigenvalue weighted by molar-refractivity contribution is 5.74. The molecule has 21 heavy (non-hydrogen) atoms. The van der Waals surface area contributed by atoms with Gasteiger partial charge in [-0.15, -0.1) is 0 Å². The van der Waals surface area contributed by atoms with E-state index in [4.69, 9.17) is 9.47 Å². The summed E-state index contributed by atoms with van der Waals surface area (Å²) in [5.41, 5.74) is 0.525. The lowest BCUT2D eigenvalue weighted by molar-refractivity contribution is -0.152. The van der Waals surface area contributed by atoms with Crippen molar-refractivity contribution in [2.24, 2.45) is 0 Å². The fourth-order valence-electron chi connectivity index (χ4n) is 2.23. The van der Waals surface area contributed by atoms with E-state index in [-0.39, 0.29) is 12.5 Å². The Bertz CT molecular complexity index is 479. The van der Waals surface area contributed by atoms with Crippen LogP contribution in [0.15, 0.2) is 12.4 Å². The highest BCUT2D eigenvalue weighted by Gasteiger charge is 2.18. The van der Waals surface area contributed by atoms with Gasteiger partial charge in [0.2, 0.25) is 0 Å². The zero-order valence-corrected chi connectivity index (χ0v) is 12.9. The topological polar surface area (TPSA) is 73.3 Å². The van der Waals surface area contributed by atoms with E-state index < -0.39 is 5.60 Å². The number of hydrogen-bond donors (Lipinski definition) is 1. The number of aromatic nitrogens is 2. The zero-order valence-electron chi connectivity index (χ0n) is 12.9. The predicted molar refractivity (Wildman–Crippen MR) is 79.2 cm³/mol. The van der Waals surface area contributed by atoms with Gasteiger partial charge in [0.1, 0.15) is 24.3 Å². The summed E-state index contributed by atoms with van der Waals surface area (Å²) in [6, 6.07) is 1.90. The number of rotatable bonds is 4. The van der Waals surface area contributed by atoms with Crippen LogP contribution in [0.2, 0.25) is 0 Å². The monoisotopic (exact) mass is 293 g/mol. The fraction of sp³-hybridized carbons (Fsp3) is 0.667. The lowest BCUT2D eigenvalue weighted by atomic mass is 9.96. The minimum Gasteiger partial charge on any atom is -0.459 e. The Morgan fingerprint density at radius 2 is 2.10 bits per heavy atom. The van der Waals surface area contributed by atoms with Gasteiger partial charge in [-0.05, 0) is 33.6 Å². The Morgan fingerprint density at radius 1 is 1.38 bits per heavy atom. The van der Waals surface area contributed by atoms with Gasteiger partial charge in [0.25, 0.3) is 0 Å². The van der Waals surface area contributed by atoms with Crippen molar-refractivity contribution in [2.45, 2.75) is 45.1 Å². The maximum absolute atomic E-state index is 11.7. The van der Waals surface area contributed by atoms with Crippen LogP contribution < -0.4 is 5.32 Å². The van der Waals surface area contributed by atoms with E-state index >= 15 is 0 Å². The van der Waals surface area contributed by atoms with Crippen LogP contribution in [0.3, 0.4) is 0 Å². The lowest BCUT2D eigenvalue weighted by Gasteiger charge is -2.22. The van der Waals surface area contributed by atoms with Gasteiger partial charge in [-0.1, -0.05) is 0 Å². The molecule has 0 spiro atoms. The quantitative estimate of drug-likeness (QED) is 0.857. The number of ether oxygens (including phenoxy) is 2. The molecule has 1 fully saturated rings. The summed E-state index contributed by atoms with van der Waals surface area (Å²) in [6.07, 6.45) is 3.48. The summed E-state index contributed by atoms with van der Waals surface area (Å²) in [4.78, 5) is 20.1. The fourth-order valence-corrected chi connectivity index (χ4v) is 2.23. The van der Waals surface area contributed by atoms with E-state index in [1.165, 1.54) is 6.33 Å². The van der Waals surface area contributed by atoms with Crippen molar-refractivity contribution in [2.75, 3.05) is 25.1 Å². The molecule has 0 aliphatic carbocycles. The second kappa shape index (κ2) is 6.85. The predicted octanol–water partition coefficient (Wildman–Crippen LogP) is 2.12. The molecule has 0 unspecified atom stereocenters. The van der Waals surface area contributed by atoms with Gasteiger partial charge in [-0.25, -0.2) is 9.97 Å². The summed E-state index contributed by atoms with van der Waals surface area (Å²) in [5, 5.41) is 2.99. The first-order valence-electron chi connectivity index (χ1n) is 7.29. The molecular weight excluding hydrogens is 270 g/mol. The van der Waals surface area contributed by atoms with Gasteiger partial charge in [-0.2, -0.15) is 0 Å². The first kappa shape index (κ1) is 15.7. The van der Waals surface area contributed by atoms with Crippen molar-refractivity contribution < 1.29 is 14.3 Å². The summed E-state index contributed by atoms with van der Waals surface area (Å²) < 4.78 is 10.6. The largest absolute Gasteiger partial charge is 0.459 e. The van der Waals surface area contributed by atoms with Crippen molar-refractivity contribution in [3.63, 3.8) is 0 Å². The lowest BCUT2D eigenvalue weighted by Crippen LogP contribution is -2.28. The molecule has 6 nitrogen and oxygen atoms in total. The Labute approximate surface area is 125 Å². The van der Waals surface area contributed by atoms with E-state index in [0.717, 1.165) is 31.7 Å². The molecule has 1 aromatic rings. The smallest absolute Gasteiger partial charge is 0.325 e. The Kier molecular flexibility index (Phi) is 5.12. The molecule has 0 atom stereocenters. The van der Waals surface area contributed by atoms with Crippen molar-refractivity contribution in [1.82, 2.24) is 9.97 Å². The highest BCUT2D eigenvalue weighted by Crippen LogP contribution is 2.25. The van der Waals surface area contributed by atoms with Crippen LogP contribution in [0.4, 0.5) is 5.82 Å².